The summed E-state index contributed by atoms with van der Waals surface area (Å²) >= 11 is 3.59. The molecule has 3 heterocycles. The van der Waals surface area contributed by atoms with Gasteiger partial charge in [0.1, 0.15) is 0 Å². The van der Waals surface area contributed by atoms with E-state index in [0.29, 0.717) is 0 Å². The largest absolute Gasteiger partial charge is 0.300 e. The van der Waals surface area contributed by atoms with Gasteiger partial charge in [0.2, 0.25) is 0 Å². The molecule has 0 amide bonds. The second-order valence-electron chi connectivity index (χ2n) is 5.02. The highest BCUT2D eigenvalue weighted by Gasteiger charge is 2.33. The zero-order valence-corrected chi connectivity index (χ0v) is 11.0. The van der Waals surface area contributed by atoms with Crippen LogP contribution in [0.3, 0.4) is 0 Å². The smallest absolute Gasteiger partial charge is 0.0560 e. The number of hydrogen-bond acceptors (Lipinski definition) is 2. The van der Waals surface area contributed by atoms with E-state index in [-0.39, 0.29) is 0 Å². The molecule has 0 N–H and O–H groups in total. The summed E-state index contributed by atoms with van der Waals surface area (Å²) in [4.78, 5) is 7.14. The van der Waals surface area contributed by atoms with Gasteiger partial charge in [0.25, 0.3) is 0 Å². The number of hydrogen-bond donors (Lipinski definition) is 0. The minimum absolute atomic E-state index is 0.727. The second-order valence-corrected chi connectivity index (χ2v) is 5.87. The van der Waals surface area contributed by atoms with Crippen molar-refractivity contribution in [2.75, 3.05) is 13.1 Å². The fraction of sp³-hybridized carbons (Fsp3) is 0.615. The number of pyridine rings is 1. The van der Waals surface area contributed by atoms with Crippen LogP contribution in [0, 0.1) is 5.92 Å². The van der Waals surface area contributed by atoms with E-state index < -0.39 is 0 Å². The molecular formula is C13H17BrN2. The summed E-state index contributed by atoms with van der Waals surface area (Å²) in [5.41, 5.74) is 1.22. The molecule has 2 saturated heterocycles. The topological polar surface area (TPSA) is 16.1 Å². The van der Waals surface area contributed by atoms with Gasteiger partial charge in [-0.2, -0.15) is 0 Å². The molecule has 0 aromatic carbocycles. The summed E-state index contributed by atoms with van der Waals surface area (Å²) in [5.74, 6) is 0.989. The van der Waals surface area contributed by atoms with Gasteiger partial charge < -0.3 is 0 Å². The van der Waals surface area contributed by atoms with Gasteiger partial charge in [-0.05, 0) is 59.8 Å². The van der Waals surface area contributed by atoms with Crippen molar-refractivity contribution in [3.63, 3.8) is 0 Å². The maximum atomic E-state index is 4.48. The molecule has 2 nitrogen and oxygen atoms in total. The molecule has 1 aromatic rings. The van der Waals surface area contributed by atoms with Gasteiger partial charge in [-0.1, -0.05) is 0 Å². The summed E-state index contributed by atoms with van der Waals surface area (Å²) in [5, 5.41) is 0. The molecule has 2 bridgehead atoms. The van der Waals surface area contributed by atoms with E-state index in [1.54, 1.807) is 0 Å². The Morgan fingerprint density at radius 3 is 3.19 bits per heavy atom. The van der Waals surface area contributed by atoms with Crippen molar-refractivity contribution in [3.05, 3.63) is 28.5 Å². The highest BCUT2D eigenvalue weighted by molar-refractivity contribution is 9.10. The third-order valence-corrected chi connectivity index (χ3v) is 4.73. The lowest BCUT2D eigenvalue weighted by Crippen LogP contribution is -2.38. The summed E-state index contributed by atoms with van der Waals surface area (Å²) in [6.07, 6.45) is 7.20. The Hall–Kier alpha value is -0.410. The van der Waals surface area contributed by atoms with Crippen LogP contribution in [0.4, 0.5) is 0 Å². The predicted molar refractivity (Wildman–Crippen MR) is 68.3 cm³/mol. The van der Waals surface area contributed by atoms with Crippen LogP contribution in [0.2, 0.25) is 0 Å². The Labute approximate surface area is 105 Å². The Balaban J connectivity index is 1.73. The fourth-order valence-electron chi connectivity index (χ4n) is 3.06. The van der Waals surface area contributed by atoms with Crippen molar-refractivity contribution >= 4 is 15.9 Å². The number of rotatable bonds is 2. The van der Waals surface area contributed by atoms with Gasteiger partial charge in [0.05, 0.1) is 5.69 Å². The first-order chi connectivity index (χ1) is 7.83. The average molecular weight is 281 g/mol. The van der Waals surface area contributed by atoms with Gasteiger partial charge in [0.15, 0.2) is 0 Å². The van der Waals surface area contributed by atoms with E-state index in [2.05, 4.69) is 31.9 Å². The first-order valence-electron chi connectivity index (χ1n) is 6.16. The van der Waals surface area contributed by atoms with E-state index in [0.717, 1.165) is 22.9 Å². The summed E-state index contributed by atoms with van der Waals surface area (Å²) in [6.45, 7) is 2.63. The molecule has 0 saturated carbocycles. The second kappa shape index (κ2) is 4.46. The lowest BCUT2D eigenvalue weighted by Gasteiger charge is -2.32. The number of piperidine rings is 1. The van der Waals surface area contributed by atoms with Crippen molar-refractivity contribution in [1.29, 1.82) is 0 Å². The molecule has 1 aromatic heterocycles. The Bertz CT molecular complexity index is 380. The van der Waals surface area contributed by atoms with Crippen LogP contribution in [0.5, 0.6) is 0 Å². The highest BCUT2D eigenvalue weighted by atomic mass is 79.9. The molecule has 2 aliphatic heterocycles. The molecule has 3 rings (SSSR count). The summed E-state index contributed by atoms with van der Waals surface area (Å²) in [6, 6.07) is 4.81. The number of aromatic nitrogens is 1. The molecule has 3 unspecified atom stereocenters. The van der Waals surface area contributed by atoms with Crippen LogP contribution < -0.4 is 0 Å². The third-order valence-electron chi connectivity index (χ3n) is 4.01. The van der Waals surface area contributed by atoms with Gasteiger partial charge in [0, 0.05) is 29.7 Å². The van der Waals surface area contributed by atoms with Crippen LogP contribution in [-0.2, 0) is 6.42 Å². The SMILES string of the molecule is Brc1cccnc1CC1CCC2CCN1C2. The van der Waals surface area contributed by atoms with Crippen LogP contribution in [-0.4, -0.2) is 29.0 Å². The monoisotopic (exact) mass is 280 g/mol. The highest BCUT2D eigenvalue weighted by Crippen LogP contribution is 2.32. The van der Waals surface area contributed by atoms with Crippen molar-refractivity contribution in [3.8, 4) is 0 Å². The minimum Gasteiger partial charge on any atom is -0.300 e. The van der Waals surface area contributed by atoms with Crippen LogP contribution in [0.15, 0.2) is 22.8 Å². The van der Waals surface area contributed by atoms with Crippen molar-refractivity contribution in [2.45, 2.75) is 31.7 Å². The molecule has 16 heavy (non-hydrogen) atoms. The lowest BCUT2D eigenvalue weighted by molar-refractivity contribution is 0.179. The van der Waals surface area contributed by atoms with E-state index in [1.165, 1.54) is 38.0 Å². The van der Waals surface area contributed by atoms with Gasteiger partial charge >= 0.3 is 0 Å². The fourth-order valence-corrected chi connectivity index (χ4v) is 3.48. The van der Waals surface area contributed by atoms with Gasteiger partial charge in [-0.15, -0.1) is 0 Å². The molecule has 86 valence electrons. The van der Waals surface area contributed by atoms with E-state index in [1.807, 2.05) is 12.3 Å². The molecule has 0 radical (unpaired) electrons. The van der Waals surface area contributed by atoms with E-state index in [9.17, 15) is 0 Å². The molecular weight excluding hydrogens is 264 g/mol. The van der Waals surface area contributed by atoms with Crippen molar-refractivity contribution in [2.24, 2.45) is 5.92 Å². The number of halogens is 1. The Kier molecular flexibility index (Phi) is 2.99. The maximum Gasteiger partial charge on any atom is 0.0560 e. The van der Waals surface area contributed by atoms with E-state index in [4.69, 9.17) is 0 Å². The molecule has 0 aliphatic carbocycles. The van der Waals surface area contributed by atoms with Crippen LogP contribution in [0.1, 0.15) is 25.0 Å². The van der Waals surface area contributed by atoms with E-state index >= 15 is 0 Å². The Morgan fingerprint density at radius 1 is 1.38 bits per heavy atom. The van der Waals surface area contributed by atoms with Gasteiger partial charge in [-0.3, -0.25) is 9.88 Å². The first kappa shape index (κ1) is 10.7. The maximum absolute atomic E-state index is 4.48. The third kappa shape index (κ3) is 2.03. The first-order valence-corrected chi connectivity index (χ1v) is 6.95. The summed E-state index contributed by atoms with van der Waals surface area (Å²) < 4.78 is 1.16. The van der Waals surface area contributed by atoms with Crippen molar-refractivity contribution < 1.29 is 0 Å². The molecule has 2 fully saturated rings. The molecule has 3 atom stereocenters. The lowest BCUT2D eigenvalue weighted by atomic mass is 9.94. The molecule has 3 heteroatoms. The molecule has 2 aliphatic rings. The number of nitrogens with zero attached hydrogens (tertiary/aromatic N) is 2. The average Bonchev–Trinajstić information content (AvgIpc) is 2.68. The normalized spacial score (nSPS) is 32.9. The number of fused-ring (bicyclic) bond motifs is 2. The zero-order chi connectivity index (χ0) is 11.0. The quantitative estimate of drug-likeness (QED) is 0.828. The minimum atomic E-state index is 0.727. The molecule has 0 spiro atoms. The summed E-state index contributed by atoms with van der Waals surface area (Å²) in [7, 11) is 0. The van der Waals surface area contributed by atoms with Crippen molar-refractivity contribution in [1.82, 2.24) is 9.88 Å². The predicted octanol–water partition coefficient (Wildman–Crippen LogP) is 2.87. The van der Waals surface area contributed by atoms with Crippen LogP contribution >= 0.6 is 15.9 Å². The van der Waals surface area contributed by atoms with Gasteiger partial charge in [-0.25, -0.2) is 0 Å². The zero-order valence-electron chi connectivity index (χ0n) is 9.40. The van der Waals surface area contributed by atoms with Crippen LogP contribution in [0.25, 0.3) is 0 Å². The standard InChI is InChI=1S/C13H17BrN2/c14-12-2-1-6-15-13(12)8-11-4-3-10-5-7-16(11)9-10/h1-2,6,10-11H,3-5,7-9H2. The Morgan fingerprint density at radius 2 is 2.31 bits per heavy atom.